The summed E-state index contributed by atoms with van der Waals surface area (Å²) in [5.74, 6) is 1.56. The highest BCUT2D eigenvalue weighted by atomic mass is 16.5. The van der Waals surface area contributed by atoms with Crippen LogP contribution in [0.15, 0.2) is 12.2 Å². The van der Waals surface area contributed by atoms with Gasteiger partial charge in [0, 0.05) is 12.3 Å². The molecule has 164 valence electrons. The van der Waals surface area contributed by atoms with E-state index < -0.39 is 6.10 Å². The Morgan fingerprint density at radius 1 is 1.31 bits per heavy atom. The molecule has 0 amide bonds. The largest absolute Gasteiger partial charge is 0.462 e. The molecular weight excluding hydrogens is 368 g/mol. The number of fused-ring (bicyclic) bond motifs is 1. The van der Waals surface area contributed by atoms with Gasteiger partial charge in [-0.25, -0.2) is 0 Å². The first-order valence-corrected chi connectivity index (χ1v) is 11.6. The zero-order chi connectivity index (χ0) is 21.0. The second-order valence-corrected chi connectivity index (χ2v) is 9.66. The highest BCUT2D eigenvalue weighted by Gasteiger charge is 2.43. The number of ether oxygens (including phenoxy) is 2. The highest BCUT2D eigenvalue weighted by Crippen LogP contribution is 2.46. The topological polar surface area (TPSA) is 72.8 Å². The molecule has 5 nitrogen and oxygen atoms in total. The lowest BCUT2D eigenvalue weighted by molar-refractivity contribution is -0.163. The quantitative estimate of drug-likeness (QED) is 0.500. The number of rotatable bonds is 7. The summed E-state index contributed by atoms with van der Waals surface area (Å²) >= 11 is 0. The predicted molar refractivity (Wildman–Crippen MR) is 111 cm³/mol. The van der Waals surface area contributed by atoms with Crippen molar-refractivity contribution in [3.05, 3.63) is 12.2 Å². The summed E-state index contributed by atoms with van der Waals surface area (Å²) in [5.41, 5.74) is 0. The second-order valence-electron chi connectivity index (χ2n) is 9.66. The Bertz CT molecular complexity index is 600. The molecule has 8 atom stereocenters. The van der Waals surface area contributed by atoms with Crippen LogP contribution in [0.2, 0.25) is 0 Å². The number of aliphatic hydroxyl groups is 1. The van der Waals surface area contributed by atoms with Crippen molar-refractivity contribution in [2.24, 2.45) is 29.6 Å². The molecule has 0 spiro atoms. The van der Waals surface area contributed by atoms with Gasteiger partial charge in [0.25, 0.3) is 0 Å². The standard InChI is InChI=1S/C24H38O5/c1-4-16(3)24(27)29-21-12-15(2)11-18-9-5-7-17(23(18)21)8-6-10-20-13-19(25)14-22(26)28-20/h5,9,15-21,23,25H,4,6-8,10-14H2,1-3H3/t15-,16-,17+,18-,19+,20+,21-,23+/m0/s1. The van der Waals surface area contributed by atoms with E-state index in [2.05, 4.69) is 19.1 Å². The van der Waals surface area contributed by atoms with Gasteiger partial charge in [0.1, 0.15) is 12.2 Å². The van der Waals surface area contributed by atoms with Crippen LogP contribution in [0, 0.1) is 29.6 Å². The molecular formula is C24H38O5. The molecule has 0 aromatic heterocycles. The Balaban J connectivity index is 1.59. The van der Waals surface area contributed by atoms with Gasteiger partial charge >= 0.3 is 11.9 Å². The van der Waals surface area contributed by atoms with Gasteiger partial charge < -0.3 is 14.6 Å². The Kier molecular flexibility index (Phi) is 7.78. The Hall–Kier alpha value is -1.36. The van der Waals surface area contributed by atoms with E-state index >= 15 is 0 Å². The maximum absolute atomic E-state index is 12.5. The average Bonchev–Trinajstić information content (AvgIpc) is 2.66. The number of carbonyl (C=O) groups excluding carboxylic acids is 2. The number of aliphatic hydroxyl groups excluding tert-OH is 1. The van der Waals surface area contributed by atoms with Crippen LogP contribution < -0.4 is 0 Å². The summed E-state index contributed by atoms with van der Waals surface area (Å²) < 4.78 is 11.5. The highest BCUT2D eigenvalue weighted by molar-refractivity contribution is 5.72. The van der Waals surface area contributed by atoms with E-state index in [9.17, 15) is 14.7 Å². The molecule has 29 heavy (non-hydrogen) atoms. The van der Waals surface area contributed by atoms with Gasteiger partial charge in [-0.3, -0.25) is 9.59 Å². The Labute approximate surface area is 175 Å². The van der Waals surface area contributed by atoms with Gasteiger partial charge in [-0.2, -0.15) is 0 Å². The van der Waals surface area contributed by atoms with E-state index in [1.165, 1.54) is 6.42 Å². The minimum Gasteiger partial charge on any atom is -0.462 e. The van der Waals surface area contributed by atoms with Crippen LogP contribution in [-0.4, -0.2) is 35.4 Å². The molecule has 1 saturated heterocycles. The first-order valence-electron chi connectivity index (χ1n) is 11.6. The van der Waals surface area contributed by atoms with E-state index in [-0.39, 0.29) is 36.5 Å². The van der Waals surface area contributed by atoms with Gasteiger partial charge in [0.2, 0.25) is 0 Å². The number of carbonyl (C=O) groups is 2. The number of allylic oxidation sites excluding steroid dienone is 2. The SMILES string of the molecule is CC[C@H](C)C(=O)O[C@H]1C[C@@H](C)C[C@@H]2C=CC[C@H](CCC[C@@H]3C[C@@H](O)CC(=O)O3)[C@@H]12. The van der Waals surface area contributed by atoms with Crippen LogP contribution in [-0.2, 0) is 19.1 Å². The average molecular weight is 407 g/mol. The molecule has 0 aromatic rings. The van der Waals surface area contributed by atoms with E-state index in [0.717, 1.165) is 38.5 Å². The summed E-state index contributed by atoms with van der Waals surface area (Å²) in [5, 5.41) is 9.80. The second kappa shape index (κ2) is 10.1. The molecule has 1 heterocycles. The lowest BCUT2D eigenvalue weighted by Crippen LogP contribution is -2.44. The molecule has 2 fully saturated rings. The molecule has 1 aliphatic heterocycles. The van der Waals surface area contributed by atoms with Crippen LogP contribution >= 0.6 is 0 Å². The third-order valence-electron chi connectivity index (χ3n) is 7.22. The molecule has 3 aliphatic rings. The molecule has 0 unspecified atom stereocenters. The van der Waals surface area contributed by atoms with Crippen LogP contribution in [0.3, 0.4) is 0 Å². The Morgan fingerprint density at radius 3 is 2.83 bits per heavy atom. The van der Waals surface area contributed by atoms with Gasteiger partial charge in [-0.15, -0.1) is 0 Å². The van der Waals surface area contributed by atoms with Gasteiger partial charge in [-0.1, -0.05) is 32.9 Å². The number of hydrogen-bond acceptors (Lipinski definition) is 5. The van der Waals surface area contributed by atoms with Gasteiger partial charge in [0.15, 0.2) is 0 Å². The normalized spacial score (nSPS) is 38.1. The van der Waals surface area contributed by atoms with Crippen LogP contribution in [0.5, 0.6) is 0 Å². The van der Waals surface area contributed by atoms with Gasteiger partial charge in [-0.05, 0) is 62.7 Å². The molecule has 0 bridgehead atoms. The fourth-order valence-electron chi connectivity index (χ4n) is 5.51. The zero-order valence-electron chi connectivity index (χ0n) is 18.2. The molecule has 0 aromatic carbocycles. The van der Waals surface area contributed by atoms with Crippen molar-refractivity contribution in [2.75, 3.05) is 0 Å². The summed E-state index contributed by atoms with van der Waals surface area (Å²) in [6, 6.07) is 0. The van der Waals surface area contributed by atoms with Crippen LogP contribution in [0.4, 0.5) is 0 Å². The van der Waals surface area contributed by atoms with E-state index in [1.54, 1.807) is 0 Å². The Morgan fingerprint density at radius 2 is 2.10 bits per heavy atom. The van der Waals surface area contributed by atoms with E-state index in [4.69, 9.17) is 9.47 Å². The molecule has 0 radical (unpaired) electrons. The lowest BCUT2D eigenvalue weighted by Gasteiger charge is -2.45. The van der Waals surface area contributed by atoms with Crippen LogP contribution in [0.1, 0.15) is 78.6 Å². The molecule has 3 rings (SSSR count). The fourth-order valence-corrected chi connectivity index (χ4v) is 5.51. The summed E-state index contributed by atoms with van der Waals surface area (Å²) in [4.78, 5) is 24.1. The summed E-state index contributed by atoms with van der Waals surface area (Å²) in [6.07, 6.45) is 11.4. The monoisotopic (exact) mass is 406 g/mol. The number of hydrogen-bond donors (Lipinski definition) is 1. The molecule has 2 aliphatic carbocycles. The van der Waals surface area contributed by atoms with Crippen molar-refractivity contribution in [1.82, 2.24) is 0 Å². The van der Waals surface area contributed by atoms with Crippen molar-refractivity contribution >= 4 is 11.9 Å². The minimum absolute atomic E-state index is 0.00882. The maximum atomic E-state index is 12.5. The number of cyclic esters (lactones) is 1. The molecule has 5 heteroatoms. The third kappa shape index (κ3) is 5.84. The minimum atomic E-state index is -0.563. The summed E-state index contributed by atoms with van der Waals surface area (Å²) in [7, 11) is 0. The predicted octanol–water partition coefficient (Wildman–Crippen LogP) is 4.42. The zero-order valence-corrected chi connectivity index (χ0v) is 18.2. The lowest BCUT2D eigenvalue weighted by atomic mass is 9.63. The van der Waals surface area contributed by atoms with Gasteiger partial charge in [0.05, 0.1) is 18.4 Å². The summed E-state index contributed by atoms with van der Waals surface area (Å²) in [6.45, 7) is 6.24. The van der Waals surface area contributed by atoms with Crippen LogP contribution in [0.25, 0.3) is 0 Å². The fraction of sp³-hybridized carbons (Fsp3) is 0.833. The first kappa shape index (κ1) is 22.3. The van der Waals surface area contributed by atoms with Crippen molar-refractivity contribution in [3.8, 4) is 0 Å². The first-order chi connectivity index (χ1) is 13.9. The van der Waals surface area contributed by atoms with Crippen molar-refractivity contribution in [1.29, 1.82) is 0 Å². The molecule has 1 N–H and O–H groups in total. The molecule has 1 saturated carbocycles. The van der Waals surface area contributed by atoms with E-state index in [0.29, 0.717) is 30.1 Å². The maximum Gasteiger partial charge on any atom is 0.308 e. The van der Waals surface area contributed by atoms with Crippen molar-refractivity contribution in [2.45, 2.75) is 96.9 Å². The third-order valence-corrected chi connectivity index (χ3v) is 7.22. The van der Waals surface area contributed by atoms with Crippen molar-refractivity contribution < 1.29 is 24.2 Å². The van der Waals surface area contributed by atoms with Crippen molar-refractivity contribution in [3.63, 3.8) is 0 Å². The smallest absolute Gasteiger partial charge is 0.308 e. The number of esters is 2. The van der Waals surface area contributed by atoms with E-state index in [1.807, 2.05) is 13.8 Å².